The minimum Gasteiger partial charge on any atom is -0.228 e. The van der Waals surface area contributed by atoms with Gasteiger partial charge in [-0.15, -0.1) is 11.3 Å². The summed E-state index contributed by atoms with van der Waals surface area (Å²) >= 11 is 1.33. The van der Waals surface area contributed by atoms with E-state index in [-0.39, 0.29) is 5.03 Å². The van der Waals surface area contributed by atoms with E-state index in [1.165, 1.54) is 16.7 Å². The zero-order valence-electron chi connectivity index (χ0n) is 6.45. The molecule has 0 bridgehead atoms. The number of thiazole rings is 1. The lowest BCUT2D eigenvalue weighted by atomic mass is 10.4. The van der Waals surface area contributed by atoms with E-state index in [1.807, 2.05) is 6.92 Å². The van der Waals surface area contributed by atoms with Gasteiger partial charge in [-0.2, -0.15) is 0 Å². The van der Waals surface area contributed by atoms with Crippen molar-refractivity contribution in [3.05, 3.63) is 10.4 Å². The fourth-order valence-electron chi connectivity index (χ4n) is 0.735. The van der Waals surface area contributed by atoms with E-state index in [1.54, 1.807) is 0 Å². The minimum absolute atomic E-state index is 0.0300. The topological polar surface area (TPSA) is 47.0 Å². The van der Waals surface area contributed by atoms with Crippen LogP contribution in [0.3, 0.4) is 0 Å². The summed E-state index contributed by atoms with van der Waals surface area (Å²) in [5, 5.41) is 2.25. The molecule has 0 amide bonds. The number of rotatable bonds is 3. The first-order chi connectivity index (χ1) is 5.54. The molecule has 0 aliphatic heterocycles. The Kier molecular flexibility index (Phi) is 3.09. The smallest absolute Gasteiger partial charge is 0.228 e. The molecule has 0 saturated heterocycles. The maximum atomic E-state index is 10.8. The average molecular weight is 226 g/mol. The van der Waals surface area contributed by atoms with Crippen LogP contribution < -0.4 is 0 Å². The van der Waals surface area contributed by atoms with E-state index in [0.717, 1.165) is 17.8 Å². The highest BCUT2D eigenvalue weighted by Crippen LogP contribution is 2.18. The molecule has 0 atom stereocenters. The van der Waals surface area contributed by atoms with Crippen LogP contribution in [0.5, 0.6) is 0 Å². The van der Waals surface area contributed by atoms with Crippen LogP contribution in [0.2, 0.25) is 0 Å². The number of aryl methyl sites for hydroxylation is 1. The van der Waals surface area contributed by atoms with Gasteiger partial charge in [-0.3, -0.25) is 0 Å². The molecule has 1 rings (SSSR count). The fourth-order valence-corrected chi connectivity index (χ4v) is 2.81. The van der Waals surface area contributed by atoms with E-state index in [4.69, 9.17) is 10.7 Å². The second kappa shape index (κ2) is 3.72. The van der Waals surface area contributed by atoms with Crippen LogP contribution in [0.4, 0.5) is 0 Å². The predicted octanol–water partition coefficient (Wildman–Crippen LogP) is 2.02. The van der Waals surface area contributed by atoms with Crippen LogP contribution in [0.15, 0.2) is 10.4 Å². The lowest BCUT2D eigenvalue weighted by Gasteiger charge is -1.87. The lowest BCUT2D eigenvalue weighted by molar-refractivity contribution is 0.606. The molecule has 0 unspecified atom stereocenters. The molecular weight excluding hydrogens is 218 g/mol. The number of hydrogen-bond acceptors (Lipinski definition) is 4. The first kappa shape index (κ1) is 9.95. The van der Waals surface area contributed by atoms with Crippen LogP contribution in [-0.2, 0) is 15.5 Å². The summed E-state index contributed by atoms with van der Waals surface area (Å²) in [7, 11) is 1.46. The maximum Gasteiger partial charge on any atom is 0.279 e. The Bertz CT molecular complexity index is 357. The molecule has 0 fully saturated rings. The van der Waals surface area contributed by atoms with Crippen LogP contribution >= 0.6 is 22.0 Å². The van der Waals surface area contributed by atoms with Gasteiger partial charge in [0.2, 0.25) is 0 Å². The van der Waals surface area contributed by atoms with Crippen molar-refractivity contribution >= 4 is 31.1 Å². The molecule has 0 aliphatic carbocycles. The van der Waals surface area contributed by atoms with Crippen LogP contribution in [0.1, 0.15) is 18.4 Å². The molecule has 1 aromatic heterocycles. The zero-order chi connectivity index (χ0) is 9.19. The highest BCUT2D eigenvalue weighted by molar-refractivity contribution is 8.13. The summed E-state index contributed by atoms with van der Waals surface area (Å²) in [5.74, 6) is 0. The standard InChI is InChI=1S/C6H8ClNO2S2/c1-2-3-5-8-6(4-11-5)12(7,9)10/h4H,2-3H2,1H3. The van der Waals surface area contributed by atoms with Crippen LogP contribution in [-0.4, -0.2) is 13.4 Å². The van der Waals surface area contributed by atoms with Crippen molar-refractivity contribution in [1.82, 2.24) is 4.98 Å². The Labute approximate surface area is 79.8 Å². The first-order valence-electron chi connectivity index (χ1n) is 3.43. The highest BCUT2D eigenvalue weighted by Gasteiger charge is 2.13. The third-order valence-electron chi connectivity index (χ3n) is 1.24. The van der Waals surface area contributed by atoms with Gasteiger partial charge in [0.15, 0.2) is 5.03 Å². The van der Waals surface area contributed by atoms with E-state index in [9.17, 15) is 8.42 Å². The molecule has 0 aliphatic rings. The summed E-state index contributed by atoms with van der Waals surface area (Å²) in [6.07, 6.45) is 1.76. The molecule has 1 aromatic rings. The monoisotopic (exact) mass is 225 g/mol. The molecular formula is C6H8ClNO2S2. The summed E-state index contributed by atoms with van der Waals surface area (Å²) in [5.41, 5.74) is 0. The molecule has 3 nitrogen and oxygen atoms in total. The van der Waals surface area contributed by atoms with Gasteiger partial charge < -0.3 is 0 Å². The molecule has 0 saturated carbocycles. The molecule has 0 spiro atoms. The Balaban J connectivity index is 2.92. The number of halogens is 1. The Morgan fingerprint density at radius 3 is 2.75 bits per heavy atom. The third kappa shape index (κ3) is 2.43. The summed E-state index contributed by atoms with van der Waals surface area (Å²) in [4.78, 5) is 3.87. The van der Waals surface area contributed by atoms with Gasteiger partial charge in [-0.1, -0.05) is 6.92 Å². The molecule has 0 aromatic carbocycles. The minimum atomic E-state index is -3.63. The van der Waals surface area contributed by atoms with Crippen LogP contribution in [0.25, 0.3) is 0 Å². The summed E-state index contributed by atoms with van der Waals surface area (Å²) < 4.78 is 21.5. The number of aromatic nitrogens is 1. The van der Waals surface area contributed by atoms with Gasteiger partial charge in [0, 0.05) is 16.1 Å². The average Bonchev–Trinajstić information content (AvgIpc) is 2.35. The third-order valence-corrected chi connectivity index (χ3v) is 3.49. The second-order valence-electron chi connectivity index (χ2n) is 2.27. The van der Waals surface area contributed by atoms with Gasteiger partial charge in [0.25, 0.3) is 9.05 Å². The summed E-state index contributed by atoms with van der Waals surface area (Å²) in [6.45, 7) is 2.01. The number of nitrogens with zero attached hydrogens (tertiary/aromatic N) is 1. The highest BCUT2D eigenvalue weighted by atomic mass is 35.7. The SMILES string of the molecule is CCCc1nc(S(=O)(=O)Cl)cs1. The molecule has 0 N–H and O–H groups in total. The van der Waals surface area contributed by atoms with Crippen LogP contribution in [0, 0.1) is 0 Å². The predicted molar refractivity (Wildman–Crippen MR) is 49.1 cm³/mol. The largest absolute Gasteiger partial charge is 0.279 e. The van der Waals surface area contributed by atoms with E-state index in [0.29, 0.717) is 0 Å². The molecule has 12 heavy (non-hydrogen) atoms. The van der Waals surface area contributed by atoms with Crippen molar-refractivity contribution in [3.63, 3.8) is 0 Å². The Hall–Kier alpha value is -0.130. The maximum absolute atomic E-state index is 10.8. The van der Waals surface area contributed by atoms with Crippen molar-refractivity contribution in [1.29, 1.82) is 0 Å². The van der Waals surface area contributed by atoms with Crippen molar-refractivity contribution in [2.45, 2.75) is 24.8 Å². The van der Waals surface area contributed by atoms with E-state index in [2.05, 4.69) is 4.98 Å². The number of hydrogen-bond donors (Lipinski definition) is 0. The van der Waals surface area contributed by atoms with Crippen molar-refractivity contribution in [3.8, 4) is 0 Å². The Morgan fingerprint density at radius 1 is 1.67 bits per heavy atom. The molecule has 1 heterocycles. The van der Waals surface area contributed by atoms with Crippen molar-refractivity contribution in [2.75, 3.05) is 0 Å². The second-order valence-corrected chi connectivity index (χ2v) is 5.72. The van der Waals surface area contributed by atoms with Gasteiger partial charge in [0.05, 0.1) is 5.01 Å². The Morgan fingerprint density at radius 2 is 2.33 bits per heavy atom. The quantitative estimate of drug-likeness (QED) is 0.740. The van der Waals surface area contributed by atoms with Gasteiger partial charge in [0.1, 0.15) is 0 Å². The normalized spacial score (nSPS) is 11.8. The summed E-state index contributed by atoms with van der Waals surface area (Å²) in [6, 6.07) is 0. The van der Waals surface area contributed by atoms with Gasteiger partial charge >= 0.3 is 0 Å². The van der Waals surface area contributed by atoms with Crippen molar-refractivity contribution < 1.29 is 8.42 Å². The fraction of sp³-hybridized carbons (Fsp3) is 0.500. The molecule has 68 valence electrons. The zero-order valence-corrected chi connectivity index (χ0v) is 8.84. The van der Waals surface area contributed by atoms with E-state index >= 15 is 0 Å². The van der Waals surface area contributed by atoms with Gasteiger partial charge in [-0.25, -0.2) is 13.4 Å². The van der Waals surface area contributed by atoms with Gasteiger partial charge in [-0.05, 0) is 12.8 Å². The molecule has 6 heteroatoms. The lowest BCUT2D eigenvalue weighted by Crippen LogP contribution is -1.91. The van der Waals surface area contributed by atoms with E-state index < -0.39 is 9.05 Å². The van der Waals surface area contributed by atoms with Crippen molar-refractivity contribution in [2.24, 2.45) is 0 Å². The molecule has 0 radical (unpaired) electrons. The first-order valence-corrected chi connectivity index (χ1v) is 6.62.